The highest BCUT2D eigenvalue weighted by Gasteiger charge is 2.65. The Labute approximate surface area is 153 Å². The molecule has 2 aliphatic rings. The van der Waals surface area contributed by atoms with Crippen LogP contribution in [0.4, 0.5) is 0 Å². The smallest absolute Gasteiger partial charge is 0.0160 e. The van der Waals surface area contributed by atoms with Crippen LogP contribution in [0, 0.1) is 33.5 Å². The average Bonchev–Trinajstić information content (AvgIpc) is 2.45. The summed E-state index contributed by atoms with van der Waals surface area (Å²) in [7, 11) is 0. The Kier molecular flexibility index (Phi) is 4.84. The van der Waals surface area contributed by atoms with Crippen LogP contribution in [0.25, 0.3) is 0 Å². The van der Waals surface area contributed by atoms with Crippen molar-refractivity contribution in [2.24, 2.45) is 33.5 Å². The highest BCUT2D eigenvalue weighted by atomic mass is 15.3. The molecule has 2 saturated heterocycles. The summed E-state index contributed by atoms with van der Waals surface area (Å²) in [6.07, 6.45) is 2.74. The van der Waals surface area contributed by atoms with Crippen LogP contribution in [0.15, 0.2) is 0 Å². The topological polar surface area (TPSA) is 3.24 Å². The van der Waals surface area contributed by atoms with Crippen molar-refractivity contribution in [3.05, 3.63) is 0 Å². The third kappa shape index (κ3) is 2.43. The Morgan fingerprint density at radius 2 is 1.00 bits per heavy atom. The molecule has 2 aliphatic heterocycles. The Morgan fingerprint density at radius 1 is 0.667 bits per heavy atom. The zero-order valence-corrected chi connectivity index (χ0v) is 18.7. The summed E-state index contributed by atoms with van der Waals surface area (Å²) in [6.45, 7) is 30.2. The summed E-state index contributed by atoms with van der Waals surface area (Å²) in [5, 5.41) is 0. The van der Waals surface area contributed by atoms with Crippen LogP contribution < -0.4 is 0 Å². The van der Waals surface area contributed by atoms with Gasteiger partial charge in [0, 0.05) is 18.1 Å². The van der Waals surface area contributed by atoms with E-state index in [1.165, 1.54) is 12.8 Å². The van der Waals surface area contributed by atoms with E-state index in [0.717, 1.165) is 11.8 Å². The van der Waals surface area contributed by atoms with Crippen molar-refractivity contribution in [1.82, 2.24) is 4.90 Å². The Balaban J connectivity index is 2.74. The number of piperidine rings is 1. The van der Waals surface area contributed by atoms with Crippen LogP contribution in [0.3, 0.4) is 0 Å². The maximum Gasteiger partial charge on any atom is 0.0160 e. The van der Waals surface area contributed by atoms with Gasteiger partial charge in [-0.2, -0.15) is 0 Å². The molecule has 0 N–H and O–H groups in total. The van der Waals surface area contributed by atoms with Gasteiger partial charge in [-0.25, -0.2) is 0 Å². The Bertz CT molecular complexity index is 430. The number of nitrogens with zero attached hydrogens (tertiary/aromatic N) is 1. The molecule has 2 unspecified atom stereocenters. The molecule has 1 nitrogen and oxygen atoms in total. The lowest BCUT2D eigenvalue weighted by atomic mass is 9.46. The molecular weight excluding hydrogens is 290 g/mol. The van der Waals surface area contributed by atoms with Gasteiger partial charge >= 0.3 is 0 Å². The molecule has 2 atom stereocenters. The first-order valence-electron chi connectivity index (χ1n) is 10.4. The van der Waals surface area contributed by atoms with Crippen LogP contribution in [0.5, 0.6) is 0 Å². The molecule has 0 amide bonds. The first-order valence-corrected chi connectivity index (χ1v) is 10.4. The minimum absolute atomic E-state index is 0.280. The highest BCUT2D eigenvalue weighted by molar-refractivity contribution is 5.16. The van der Waals surface area contributed by atoms with Crippen LogP contribution >= 0.6 is 0 Å². The second-order valence-corrected chi connectivity index (χ2v) is 11.7. The van der Waals surface area contributed by atoms with Crippen molar-refractivity contribution < 1.29 is 0 Å². The fourth-order valence-electron chi connectivity index (χ4n) is 6.17. The third-order valence-electron chi connectivity index (χ3n) is 9.76. The van der Waals surface area contributed by atoms with Gasteiger partial charge in [0.05, 0.1) is 0 Å². The molecule has 2 rings (SSSR count). The summed E-state index contributed by atoms with van der Waals surface area (Å²) in [6, 6.07) is 1.98. The second kappa shape index (κ2) is 5.73. The standard InChI is InChI=1S/C23H45N/c1-15(2)17-13-18-20(5,6)22(9,10)23(11,12)21(7,8)19(14-17)24(18)16(3)4/h15-19H,13-14H2,1-12H3. The van der Waals surface area contributed by atoms with Crippen molar-refractivity contribution in [3.63, 3.8) is 0 Å². The van der Waals surface area contributed by atoms with E-state index in [-0.39, 0.29) is 10.8 Å². The summed E-state index contributed by atoms with van der Waals surface area (Å²) in [5.41, 5.74) is 1.14. The quantitative estimate of drug-likeness (QED) is 0.548. The van der Waals surface area contributed by atoms with Crippen LogP contribution in [-0.2, 0) is 0 Å². The number of fused-ring (bicyclic) bond motifs is 2. The summed E-state index contributed by atoms with van der Waals surface area (Å²) in [4.78, 5) is 2.94. The van der Waals surface area contributed by atoms with Crippen molar-refractivity contribution in [3.8, 4) is 0 Å². The zero-order valence-electron chi connectivity index (χ0n) is 18.7. The lowest BCUT2D eigenvalue weighted by Crippen LogP contribution is -2.60. The van der Waals surface area contributed by atoms with Gasteiger partial charge in [0.2, 0.25) is 0 Å². The Hall–Kier alpha value is -0.0400. The molecule has 0 radical (unpaired) electrons. The molecule has 0 aromatic carbocycles. The molecule has 2 bridgehead atoms. The third-order valence-corrected chi connectivity index (χ3v) is 9.76. The SMILES string of the molecule is CC(C)C1CC2N(C(C)C)C(C1)C(C)(C)C(C)(C)C(C)(C)C2(C)C. The first-order chi connectivity index (χ1) is 10.6. The lowest BCUT2D eigenvalue weighted by molar-refractivity contribution is -0.0856. The maximum absolute atomic E-state index is 2.94. The molecule has 0 aliphatic carbocycles. The number of hydrogen-bond donors (Lipinski definition) is 0. The van der Waals surface area contributed by atoms with Gasteiger partial charge in [-0.05, 0) is 60.2 Å². The van der Waals surface area contributed by atoms with Gasteiger partial charge in [-0.1, -0.05) is 69.2 Å². The molecule has 0 aromatic heterocycles. The van der Waals surface area contributed by atoms with Crippen molar-refractivity contribution in [1.29, 1.82) is 0 Å². The molecule has 1 heteroatoms. The van der Waals surface area contributed by atoms with E-state index < -0.39 is 0 Å². The second-order valence-electron chi connectivity index (χ2n) is 11.7. The fourth-order valence-corrected chi connectivity index (χ4v) is 6.17. The van der Waals surface area contributed by atoms with E-state index >= 15 is 0 Å². The minimum Gasteiger partial charge on any atom is -0.294 e. The van der Waals surface area contributed by atoms with Crippen molar-refractivity contribution in [2.45, 2.75) is 114 Å². The average molecular weight is 336 g/mol. The van der Waals surface area contributed by atoms with Gasteiger partial charge in [-0.15, -0.1) is 0 Å². The first kappa shape index (κ1) is 20.3. The molecule has 24 heavy (non-hydrogen) atoms. The molecule has 2 fully saturated rings. The van der Waals surface area contributed by atoms with Gasteiger partial charge in [-0.3, -0.25) is 4.90 Å². The highest BCUT2D eigenvalue weighted by Crippen LogP contribution is 2.67. The number of rotatable bonds is 2. The van der Waals surface area contributed by atoms with E-state index in [1.807, 2.05) is 0 Å². The van der Waals surface area contributed by atoms with Crippen molar-refractivity contribution in [2.75, 3.05) is 0 Å². The van der Waals surface area contributed by atoms with Crippen LogP contribution in [0.1, 0.15) is 95.9 Å². The molecule has 142 valence electrons. The van der Waals surface area contributed by atoms with Crippen molar-refractivity contribution >= 4 is 0 Å². The molecular formula is C23H45N. The molecule has 0 saturated carbocycles. The molecule has 0 aromatic rings. The van der Waals surface area contributed by atoms with E-state index in [1.54, 1.807) is 0 Å². The van der Waals surface area contributed by atoms with Crippen LogP contribution in [0.2, 0.25) is 0 Å². The van der Waals surface area contributed by atoms with E-state index in [2.05, 4.69) is 88.0 Å². The van der Waals surface area contributed by atoms with E-state index in [9.17, 15) is 0 Å². The van der Waals surface area contributed by atoms with E-state index in [4.69, 9.17) is 0 Å². The fraction of sp³-hybridized carbons (Fsp3) is 1.00. The molecule has 0 spiro atoms. The summed E-state index contributed by atoms with van der Waals surface area (Å²) in [5.74, 6) is 1.65. The predicted molar refractivity (Wildman–Crippen MR) is 107 cm³/mol. The summed E-state index contributed by atoms with van der Waals surface area (Å²) >= 11 is 0. The Morgan fingerprint density at radius 3 is 1.25 bits per heavy atom. The van der Waals surface area contributed by atoms with Gasteiger partial charge in [0.1, 0.15) is 0 Å². The van der Waals surface area contributed by atoms with Gasteiger partial charge < -0.3 is 0 Å². The monoisotopic (exact) mass is 335 g/mol. The van der Waals surface area contributed by atoms with Crippen LogP contribution in [-0.4, -0.2) is 23.0 Å². The summed E-state index contributed by atoms with van der Waals surface area (Å²) < 4.78 is 0. The molecule has 2 heterocycles. The minimum atomic E-state index is 0.280. The maximum atomic E-state index is 2.94. The normalized spacial score (nSPS) is 37.5. The van der Waals surface area contributed by atoms with E-state index in [0.29, 0.717) is 29.0 Å². The largest absolute Gasteiger partial charge is 0.294 e. The van der Waals surface area contributed by atoms with Gasteiger partial charge in [0.25, 0.3) is 0 Å². The number of hydrogen-bond acceptors (Lipinski definition) is 1. The van der Waals surface area contributed by atoms with Gasteiger partial charge in [0.15, 0.2) is 0 Å². The lowest BCUT2D eigenvalue weighted by Gasteiger charge is -2.58. The zero-order chi connectivity index (χ0) is 18.9. The predicted octanol–water partition coefficient (Wildman–Crippen LogP) is 6.62.